The summed E-state index contributed by atoms with van der Waals surface area (Å²) in [6.07, 6.45) is 0. The summed E-state index contributed by atoms with van der Waals surface area (Å²) < 4.78 is 4.89. The molecule has 0 radical (unpaired) electrons. The van der Waals surface area contributed by atoms with E-state index < -0.39 is 0 Å². The van der Waals surface area contributed by atoms with Crippen LogP contribution >= 0.6 is 0 Å². The first-order valence-corrected chi connectivity index (χ1v) is 6.97. The van der Waals surface area contributed by atoms with Crippen molar-refractivity contribution in [3.05, 3.63) is 11.4 Å². The van der Waals surface area contributed by atoms with E-state index in [4.69, 9.17) is 10.5 Å². The van der Waals surface area contributed by atoms with Crippen molar-refractivity contribution in [1.82, 2.24) is 15.3 Å². The second-order valence-corrected chi connectivity index (χ2v) is 5.27. The smallest absolute Gasteiger partial charge is 0.239 e. The molecule has 118 valence electrons. The number of carbonyl (C=O) groups is 1. The normalized spacial score (nSPS) is 10.8. The Morgan fingerprint density at radius 2 is 2.10 bits per heavy atom. The van der Waals surface area contributed by atoms with Crippen molar-refractivity contribution >= 4 is 17.5 Å². The number of carbonyl (C=O) groups excluding carboxylic acids is 1. The van der Waals surface area contributed by atoms with Gasteiger partial charge < -0.3 is 20.7 Å². The fraction of sp³-hybridized carbons (Fsp3) is 0.643. The Bertz CT molecular complexity index is 490. The van der Waals surface area contributed by atoms with Gasteiger partial charge in [0.15, 0.2) is 0 Å². The summed E-state index contributed by atoms with van der Waals surface area (Å²) in [6, 6.07) is 0. The molecule has 0 saturated heterocycles. The van der Waals surface area contributed by atoms with Gasteiger partial charge in [-0.2, -0.15) is 0 Å². The van der Waals surface area contributed by atoms with Crippen LogP contribution in [0.15, 0.2) is 0 Å². The van der Waals surface area contributed by atoms with Crippen molar-refractivity contribution in [2.24, 2.45) is 0 Å². The molecule has 0 saturated carbocycles. The molecule has 0 fully saturated rings. The van der Waals surface area contributed by atoms with E-state index in [1.54, 1.807) is 12.0 Å². The fourth-order valence-electron chi connectivity index (χ4n) is 1.81. The number of likely N-dealkylation sites (N-methyl/N-ethyl adjacent to an activating group) is 1. The maximum atomic E-state index is 11.8. The van der Waals surface area contributed by atoms with Gasteiger partial charge in [0.05, 0.1) is 13.2 Å². The molecule has 21 heavy (non-hydrogen) atoms. The van der Waals surface area contributed by atoms with Gasteiger partial charge in [-0.15, -0.1) is 0 Å². The van der Waals surface area contributed by atoms with Crippen LogP contribution in [0.4, 0.5) is 11.6 Å². The lowest BCUT2D eigenvalue weighted by molar-refractivity contribution is -0.119. The minimum Gasteiger partial charge on any atom is -0.383 e. The van der Waals surface area contributed by atoms with Gasteiger partial charge in [0.25, 0.3) is 0 Å². The van der Waals surface area contributed by atoms with E-state index in [0.29, 0.717) is 30.6 Å². The van der Waals surface area contributed by atoms with E-state index in [1.165, 1.54) is 0 Å². The van der Waals surface area contributed by atoms with Gasteiger partial charge in [0, 0.05) is 32.2 Å². The average molecular weight is 295 g/mol. The van der Waals surface area contributed by atoms with Crippen LogP contribution in [0.3, 0.4) is 0 Å². The van der Waals surface area contributed by atoms with Crippen LogP contribution < -0.4 is 16.0 Å². The van der Waals surface area contributed by atoms with Crippen molar-refractivity contribution in [1.29, 1.82) is 0 Å². The first-order valence-electron chi connectivity index (χ1n) is 6.97. The standard InChI is InChI=1S/C14H25N5O2/c1-9(2)13-17-12(15)10(3)14(18-13)19(4)8-11(20)16-6-7-21-5/h9H,6-8H2,1-5H3,(H,16,20)(H2,15,17,18). The van der Waals surface area contributed by atoms with Crippen molar-refractivity contribution in [3.63, 3.8) is 0 Å². The van der Waals surface area contributed by atoms with Gasteiger partial charge in [0.1, 0.15) is 17.5 Å². The summed E-state index contributed by atoms with van der Waals surface area (Å²) >= 11 is 0. The van der Waals surface area contributed by atoms with Crippen LogP contribution in [-0.2, 0) is 9.53 Å². The Morgan fingerprint density at radius 3 is 2.67 bits per heavy atom. The number of aromatic nitrogens is 2. The van der Waals surface area contributed by atoms with Crippen molar-refractivity contribution in [3.8, 4) is 0 Å². The molecule has 0 atom stereocenters. The summed E-state index contributed by atoms with van der Waals surface area (Å²) in [5.74, 6) is 1.91. The van der Waals surface area contributed by atoms with Crippen LogP contribution in [0.25, 0.3) is 0 Å². The van der Waals surface area contributed by atoms with Crippen LogP contribution in [0.2, 0.25) is 0 Å². The number of rotatable bonds is 7. The first kappa shape index (κ1) is 17.2. The molecule has 1 amide bonds. The summed E-state index contributed by atoms with van der Waals surface area (Å²) in [6.45, 7) is 7.06. The zero-order valence-corrected chi connectivity index (χ0v) is 13.4. The Labute approximate surface area is 125 Å². The fourth-order valence-corrected chi connectivity index (χ4v) is 1.81. The second-order valence-electron chi connectivity index (χ2n) is 5.27. The van der Waals surface area contributed by atoms with Crippen LogP contribution in [0.1, 0.15) is 31.2 Å². The SMILES string of the molecule is COCCNC(=O)CN(C)c1nc(C(C)C)nc(N)c1C. The Kier molecular flexibility index (Phi) is 6.36. The molecule has 0 unspecified atom stereocenters. The Morgan fingerprint density at radius 1 is 1.43 bits per heavy atom. The lowest BCUT2D eigenvalue weighted by Gasteiger charge is -2.21. The molecule has 7 nitrogen and oxygen atoms in total. The molecular formula is C14H25N5O2. The van der Waals surface area contributed by atoms with Gasteiger partial charge in [-0.1, -0.05) is 13.8 Å². The number of hydrogen-bond donors (Lipinski definition) is 2. The number of anilines is 2. The topological polar surface area (TPSA) is 93.4 Å². The van der Waals surface area contributed by atoms with Crippen molar-refractivity contribution < 1.29 is 9.53 Å². The molecule has 0 spiro atoms. The van der Waals surface area contributed by atoms with Crippen molar-refractivity contribution in [2.75, 3.05) is 44.5 Å². The molecule has 0 aliphatic carbocycles. The molecule has 0 bridgehead atoms. The van der Waals surface area contributed by atoms with E-state index in [9.17, 15) is 4.79 Å². The molecule has 1 aromatic heterocycles. The molecule has 1 rings (SSSR count). The van der Waals surface area contributed by atoms with Crippen molar-refractivity contribution in [2.45, 2.75) is 26.7 Å². The van der Waals surface area contributed by atoms with Crippen LogP contribution in [0, 0.1) is 6.92 Å². The van der Waals surface area contributed by atoms with E-state index in [-0.39, 0.29) is 18.4 Å². The number of methoxy groups -OCH3 is 1. The molecular weight excluding hydrogens is 270 g/mol. The van der Waals surface area contributed by atoms with Gasteiger partial charge >= 0.3 is 0 Å². The number of hydrogen-bond acceptors (Lipinski definition) is 6. The van der Waals surface area contributed by atoms with E-state index >= 15 is 0 Å². The largest absolute Gasteiger partial charge is 0.383 e. The third-order valence-electron chi connectivity index (χ3n) is 3.06. The molecule has 1 aromatic rings. The maximum Gasteiger partial charge on any atom is 0.239 e. The molecule has 0 aliphatic heterocycles. The number of amides is 1. The lowest BCUT2D eigenvalue weighted by Crippen LogP contribution is -2.37. The molecule has 1 heterocycles. The molecule has 0 aromatic carbocycles. The van der Waals surface area contributed by atoms with E-state index in [1.807, 2.05) is 27.8 Å². The summed E-state index contributed by atoms with van der Waals surface area (Å²) in [4.78, 5) is 22.4. The quantitative estimate of drug-likeness (QED) is 0.719. The number of nitrogens with two attached hydrogens (primary N) is 1. The molecule has 3 N–H and O–H groups in total. The second kappa shape index (κ2) is 7.78. The van der Waals surface area contributed by atoms with Gasteiger partial charge in [-0.3, -0.25) is 4.79 Å². The molecule has 0 aliphatic rings. The summed E-state index contributed by atoms with van der Waals surface area (Å²) in [5, 5.41) is 2.78. The third-order valence-corrected chi connectivity index (χ3v) is 3.06. The number of nitrogens with zero attached hydrogens (tertiary/aromatic N) is 3. The van der Waals surface area contributed by atoms with Gasteiger partial charge in [-0.05, 0) is 6.92 Å². The highest BCUT2D eigenvalue weighted by Crippen LogP contribution is 2.23. The van der Waals surface area contributed by atoms with E-state index in [0.717, 1.165) is 5.56 Å². The third kappa shape index (κ3) is 4.86. The van der Waals surface area contributed by atoms with Crippen LogP contribution in [-0.4, -0.2) is 49.7 Å². The van der Waals surface area contributed by atoms with E-state index in [2.05, 4.69) is 15.3 Å². The Balaban J connectivity index is 2.81. The van der Waals surface area contributed by atoms with Gasteiger partial charge in [0.2, 0.25) is 5.91 Å². The molecule has 7 heteroatoms. The zero-order chi connectivity index (χ0) is 16.0. The first-order chi connectivity index (χ1) is 9.86. The highest BCUT2D eigenvalue weighted by molar-refractivity contribution is 5.81. The Hall–Kier alpha value is -1.89. The number of nitrogens with one attached hydrogen (secondary N) is 1. The predicted octanol–water partition coefficient (Wildman–Crippen LogP) is 0.689. The highest BCUT2D eigenvalue weighted by atomic mass is 16.5. The maximum absolute atomic E-state index is 11.8. The lowest BCUT2D eigenvalue weighted by atomic mass is 10.2. The summed E-state index contributed by atoms with van der Waals surface area (Å²) in [7, 11) is 3.41. The summed E-state index contributed by atoms with van der Waals surface area (Å²) in [5.41, 5.74) is 6.72. The van der Waals surface area contributed by atoms with Gasteiger partial charge in [-0.25, -0.2) is 9.97 Å². The average Bonchev–Trinajstić information content (AvgIpc) is 2.41. The minimum atomic E-state index is -0.0859. The minimum absolute atomic E-state index is 0.0859. The monoisotopic (exact) mass is 295 g/mol. The highest BCUT2D eigenvalue weighted by Gasteiger charge is 2.16. The number of ether oxygens (including phenoxy) is 1. The van der Waals surface area contributed by atoms with Crippen LogP contribution in [0.5, 0.6) is 0 Å². The predicted molar refractivity (Wildman–Crippen MR) is 83.4 cm³/mol. The number of nitrogen functional groups attached to an aromatic ring is 1. The zero-order valence-electron chi connectivity index (χ0n) is 13.4.